The summed E-state index contributed by atoms with van der Waals surface area (Å²) in [6.07, 6.45) is 2.03. The van der Waals surface area contributed by atoms with Gasteiger partial charge in [-0.2, -0.15) is 0 Å². The smallest absolute Gasteiger partial charge is 0.210 e. The summed E-state index contributed by atoms with van der Waals surface area (Å²) >= 11 is 0. The van der Waals surface area contributed by atoms with Crippen LogP contribution in [0.5, 0.6) is 0 Å². The minimum atomic E-state index is -0.325. The predicted octanol–water partition coefficient (Wildman–Crippen LogP) is 2.17. The Bertz CT molecular complexity index is 390. The van der Waals surface area contributed by atoms with Crippen LogP contribution in [0.15, 0.2) is 23.2 Å². The SMILES string of the molecule is CCCCN=C(NN)Nc1cc(C)ccc1F. The summed E-state index contributed by atoms with van der Waals surface area (Å²) in [5, 5.41) is 2.84. The number of nitrogens with one attached hydrogen (secondary N) is 2. The Morgan fingerprint density at radius 1 is 1.47 bits per heavy atom. The van der Waals surface area contributed by atoms with Crippen molar-refractivity contribution in [2.75, 3.05) is 11.9 Å². The predicted molar refractivity (Wildman–Crippen MR) is 69.3 cm³/mol. The second kappa shape index (κ2) is 6.85. The molecular weight excluding hydrogens is 219 g/mol. The number of hydrogen-bond donors (Lipinski definition) is 3. The largest absolute Gasteiger partial charge is 0.323 e. The standard InChI is InChI=1S/C12H19FN4/c1-3-4-7-15-12(17-14)16-11-8-9(2)5-6-10(11)13/h5-6,8H,3-4,7,14H2,1-2H3,(H2,15,16,17). The zero-order valence-electron chi connectivity index (χ0n) is 10.3. The summed E-state index contributed by atoms with van der Waals surface area (Å²) in [6, 6.07) is 4.84. The molecule has 4 nitrogen and oxygen atoms in total. The fraction of sp³-hybridized carbons (Fsp3) is 0.417. The zero-order chi connectivity index (χ0) is 12.7. The summed E-state index contributed by atoms with van der Waals surface area (Å²) < 4.78 is 13.5. The van der Waals surface area contributed by atoms with E-state index in [2.05, 4.69) is 22.7 Å². The first kappa shape index (κ1) is 13.4. The van der Waals surface area contributed by atoms with Crippen LogP contribution >= 0.6 is 0 Å². The Kier molecular flexibility index (Phi) is 5.42. The van der Waals surface area contributed by atoms with Gasteiger partial charge >= 0.3 is 0 Å². The summed E-state index contributed by atoms with van der Waals surface area (Å²) in [7, 11) is 0. The second-order valence-electron chi connectivity index (χ2n) is 3.84. The van der Waals surface area contributed by atoms with Crippen molar-refractivity contribution < 1.29 is 4.39 Å². The summed E-state index contributed by atoms with van der Waals surface area (Å²) in [6.45, 7) is 4.64. The minimum absolute atomic E-state index is 0.325. The topological polar surface area (TPSA) is 62.4 Å². The molecule has 5 heteroatoms. The molecule has 0 bridgehead atoms. The van der Waals surface area contributed by atoms with E-state index in [-0.39, 0.29) is 5.82 Å². The molecule has 0 aliphatic heterocycles. The van der Waals surface area contributed by atoms with Crippen molar-refractivity contribution in [2.45, 2.75) is 26.7 Å². The molecule has 17 heavy (non-hydrogen) atoms. The molecule has 1 rings (SSSR count). The molecule has 1 aromatic carbocycles. The highest BCUT2D eigenvalue weighted by molar-refractivity contribution is 5.93. The lowest BCUT2D eigenvalue weighted by molar-refractivity contribution is 0.631. The van der Waals surface area contributed by atoms with E-state index in [9.17, 15) is 4.39 Å². The van der Waals surface area contributed by atoms with E-state index in [0.717, 1.165) is 18.4 Å². The van der Waals surface area contributed by atoms with Crippen LogP contribution in [0.3, 0.4) is 0 Å². The molecular formula is C12H19FN4. The minimum Gasteiger partial charge on any atom is -0.323 e. The van der Waals surface area contributed by atoms with E-state index >= 15 is 0 Å². The van der Waals surface area contributed by atoms with Crippen molar-refractivity contribution in [3.63, 3.8) is 0 Å². The van der Waals surface area contributed by atoms with Gasteiger partial charge in [0.1, 0.15) is 5.82 Å². The highest BCUT2D eigenvalue weighted by Crippen LogP contribution is 2.15. The van der Waals surface area contributed by atoms with Gasteiger partial charge in [-0.25, -0.2) is 10.2 Å². The normalized spacial score (nSPS) is 11.4. The van der Waals surface area contributed by atoms with E-state index in [1.165, 1.54) is 6.07 Å². The van der Waals surface area contributed by atoms with Gasteiger partial charge in [0, 0.05) is 6.54 Å². The molecule has 0 heterocycles. The van der Waals surface area contributed by atoms with Gasteiger partial charge in [0.2, 0.25) is 5.96 Å². The molecule has 0 amide bonds. The van der Waals surface area contributed by atoms with Gasteiger partial charge < -0.3 is 5.32 Å². The number of aryl methyl sites for hydroxylation is 1. The van der Waals surface area contributed by atoms with Crippen LogP contribution in [0.2, 0.25) is 0 Å². The van der Waals surface area contributed by atoms with E-state index in [0.29, 0.717) is 18.2 Å². The number of nitrogens with zero attached hydrogens (tertiary/aromatic N) is 1. The third-order valence-electron chi connectivity index (χ3n) is 2.29. The summed E-state index contributed by atoms with van der Waals surface area (Å²) in [4.78, 5) is 4.20. The number of rotatable bonds is 4. The maximum atomic E-state index is 13.5. The first-order chi connectivity index (χ1) is 8.17. The molecule has 1 aromatic rings. The molecule has 0 aromatic heterocycles. The van der Waals surface area contributed by atoms with Crippen molar-refractivity contribution in [1.82, 2.24) is 5.43 Å². The van der Waals surface area contributed by atoms with Gasteiger partial charge in [0.05, 0.1) is 5.69 Å². The number of aliphatic imine (C=N–C) groups is 1. The van der Waals surface area contributed by atoms with E-state index in [4.69, 9.17) is 5.84 Å². The first-order valence-corrected chi connectivity index (χ1v) is 5.71. The molecule has 0 unspecified atom stereocenters. The molecule has 94 valence electrons. The number of benzene rings is 1. The molecule has 0 saturated carbocycles. The Morgan fingerprint density at radius 3 is 2.88 bits per heavy atom. The molecule has 0 saturated heterocycles. The number of hydrogen-bond acceptors (Lipinski definition) is 2. The lowest BCUT2D eigenvalue weighted by atomic mass is 10.2. The number of halogens is 1. The van der Waals surface area contributed by atoms with Crippen molar-refractivity contribution in [1.29, 1.82) is 0 Å². The first-order valence-electron chi connectivity index (χ1n) is 5.71. The zero-order valence-corrected chi connectivity index (χ0v) is 10.3. The van der Waals surface area contributed by atoms with Crippen molar-refractivity contribution in [3.05, 3.63) is 29.6 Å². The monoisotopic (exact) mass is 238 g/mol. The molecule has 0 atom stereocenters. The van der Waals surface area contributed by atoms with Crippen LogP contribution in [0.1, 0.15) is 25.3 Å². The quantitative estimate of drug-likeness (QED) is 0.248. The van der Waals surface area contributed by atoms with Crippen LogP contribution < -0.4 is 16.6 Å². The fourth-order valence-corrected chi connectivity index (χ4v) is 1.33. The Labute approximate surface area is 101 Å². The fourth-order valence-electron chi connectivity index (χ4n) is 1.33. The molecule has 0 radical (unpaired) electrons. The lowest BCUT2D eigenvalue weighted by Crippen LogP contribution is -2.36. The van der Waals surface area contributed by atoms with E-state index in [1.807, 2.05) is 6.92 Å². The van der Waals surface area contributed by atoms with Crippen molar-refractivity contribution in [3.8, 4) is 0 Å². The van der Waals surface area contributed by atoms with Crippen LogP contribution in [0.25, 0.3) is 0 Å². The van der Waals surface area contributed by atoms with Crippen LogP contribution in [-0.4, -0.2) is 12.5 Å². The number of hydrazine groups is 1. The molecule has 0 aliphatic carbocycles. The number of unbranched alkanes of at least 4 members (excludes halogenated alkanes) is 1. The van der Waals surface area contributed by atoms with Gasteiger partial charge in [-0.3, -0.25) is 10.4 Å². The van der Waals surface area contributed by atoms with E-state index < -0.39 is 0 Å². The third kappa shape index (κ3) is 4.40. The summed E-state index contributed by atoms with van der Waals surface area (Å²) in [5.74, 6) is 5.38. The molecule has 0 spiro atoms. The van der Waals surface area contributed by atoms with Gasteiger partial charge in [0.15, 0.2) is 0 Å². The van der Waals surface area contributed by atoms with Gasteiger partial charge in [0.25, 0.3) is 0 Å². The maximum absolute atomic E-state index is 13.5. The Balaban J connectivity index is 2.73. The molecule has 0 fully saturated rings. The van der Waals surface area contributed by atoms with Crippen molar-refractivity contribution >= 4 is 11.6 Å². The average Bonchev–Trinajstić information content (AvgIpc) is 2.32. The summed E-state index contributed by atoms with van der Waals surface area (Å²) in [5.41, 5.74) is 3.77. The Morgan fingerprint density at radius 2 is 2.24 bits per heavy atom. The molecule has 0 aliphatic rings. The number of guanidine groups is 1. The average molecular weight is 238 g/mol. The van der Waals surface area contributed by atoms with E-state index in [1.54, 1.807) is 12.1 Å². The highest BCUT2D eigenvalue weighted by atomic mass is 19.1. The van der Waals surface area contributed by atoms with Crippen LogP contribution in [0, 0.1) is 12.7 Å². The number of anilines is 1. The number of nitrogens with two attached hydrogens (primary N) is 1. The van der Waals surface area contributed by atoms with Crippen LogP contribution in [0.4, 0.5) is 10.1 Å². The Hall–Kier alpha value is -1.62. The van der Waals surface area contributed by atoms with Gasteiger partial charge in [-0.15, -0.1) is 0 Å². The van der Waals surface area contributed by atoms with Gasteiger partial charge in [-0.05, 0) is 31.0 Å². The van der Waals surface area contributed by atoms with Crippen molar-refractivity contribution in [2.24, 2.45) is 10.8 Å². The third-order valence-corrected chi connectivity index (χ3v) is 2.29. The van der Waals surface area contributed by atoms with Crippen LogP contribution in [-0.2, 0) is 0 Å². The highest BCUT2D eigenvalue weighted by Gasteiger charge is 2.04. The second-order valence-corrected chi connectivity index (χ2v) is 3.84. The molecule has 4 N–H and O–H groups in total. The van der Waals surface area contributed by atoms with Gasteiger partial charge in [-0.1, -0.05) is 19.4 Å². The maximum Gasteiger partial charge on any atom is 0.210 e. The lowest BCUT2D eigenvalue weighted by Gasteiger charge is -2.10.